The van der Waals surface area contributed by atoms with Crippen molar-refractivity contribution in [2.45, 2.75) is 380 Å². The lowest BCUT2D eigenvalue weighted by atomic mass is 10.0. The molecule has 0 heterocycles. The van der Waals surface area contributed by atoms with Crippen LogP contribution in [-0.2, 0) is 32.7 Å². The Hall–Kier alpha value is -1.77. The van der Waals surface area contributed by atoms with Crippen molar-refractivity contribution < 1.29 is 42.1 Å². The molecule has 0 N–H and O–H groups in total. The molecule has 9 nitrogen and oxygen atoms in total. The van der Waals surface area contributed by atoms with Crippen molar-refractivity contribution in [3.63, 3.8) is 0 Å². The third kappa shape index (κ3) is 69.3. The van der Waals surface area contributed by atoms with E-state index in [0.717, 1.165) is 57.8 Å². The highest BCUT2D eigenvalue weighted by atomic mass is 31.2. The van der Waals surface area contributed by atoms with Crippen molar-refractivity contribution in [1.29, 1.82) is 0 Å². The van der Waals surface area contributed by atoms with E-state index in [2.05, 4.69) is 50.3 Å². The molecule has 0 amide bonds. The Bertz CT molecular complexity index is 1510. The summed E-state index contributed by atoms with van der Waals surface area (Å²) in [5.41, 5.74) is 0. The van der Waals surface area contributed by atoms with Crippen LogP contribution < -0.4 is 4.89 Å². The number of allylic oxidation sites excluding steroid dienone is 6. The molecule has 0 radical (unpaired) electrons. The number of unbranched alkanes of at least 4 members (excludes halogenated alkanes) is 49. The van der Waals surface area contributed by atoms with Crippen LogP contribution in [0, 0.1) is 0 Å². The van der Waals surface area contributed by atoms with Gasteiger partial charge in [-0.15, -0.1) is 0 Å². The average Bonchev–Trinajstić information content (AvgIpc) is 3.61. The third-order valence-corrected chi connectivity index (χ3v) is 17.6. The lowest BCUT2D eigenvalue weighted by molar-refractivity contribution is -0.870. The van der Waals surface area contributed by atoms with Crippen LogP contribution in [0.1, 0.15) is 373 Å². The molecule has 0 aromatic heterocycles. The first-order valence-electron chi connectivity index (χ1n) is 36.7. The fourth-order valence-electron chi connectivity index (χ4n) is 11.0. The quantitative estimate of drug-likeness (QED) is 0.0195. The first-order chi connectivity index (χ1) is 41.0. The number of carbonyl (C=O) groups is 2. The molecule has 0 aromatic rings. The van der Waals surface area contributed by atoms with Gasteiger partial charge in [-0.3, -0.25) is 14.2 Å². The smallest absolute Gasteiger partial charge is 0.306 e. The van der Waals surface area contributed by atoms with E-state index in [0.29, 0.717) is 17.4 Å². The maximum absolute atomic E-state index is 12.8. The van der Waals surface area contributed by atoms with Crippen molar-refractivity contribution in [3.05, 3.63) is 36.5 Å². The van der Waals surface area contributed by atoms with E-state index >= 15 is 0 Å². The summed E-state index contributed by atoms with van der Waals surface area (Å²) in [5.74, 6) is -0.823. The van der Waals surface area contributed by atoms with Crippen molar-refractivity contribution in [2.75, 3.05) is 47.5 Å². The van der Waals surface area contributed by atoms with Gasteiger partial charge in [0.25, 0.3) is 7.82 Å². The fraction of sp³-hybridized carbons (Fsp3) is 0.892. The van der Waals surface area contributed by atoms with Crippen LogP contribution >= 0.6 is 7.82 Å². The number of ether oxygens (including phenoxy) is 2. The van der Waals surface area contributed by atoms with E-state index in [1.54, 1.807) is 0 Å². The molecule has 496 valence electrons. The molecular weight excluding hydrogens is 1060 g/mol. The standard InChI is InChI=1S/C74H142NO8P/c1-6-8-10-12-14-16-18-20-22-24-26-28-30-31-32-33-34-35-36-37-38-39-40-41-42-43-45-46-48-50-52-54-56-58-60-62-64-66-73(76)80-70-72(71-82-84(78,79)81-69-68-75(3,4)5)83-74(77)67-65-63-61-59-57-55-53-51-49-47-44-29-27-25-23-21-19-17-15-13-11-9-7-2/h19,21,25,27,44,47,72H,6-18,20,22-24,26,28-43,45-46,48-71H2,1-5H3/b21-19-,27-25-,47-44-. The minimum absolute atomic E-state index is 0.0309. The lowest BCUT2D eigenvalue weighted by Crippen LogP contribution is -2.37. The maximum Gasteiger partial charge on any atom is 0.306 e. The summed E-state index contributed by atoms with van der Waals surface area (Å²) in [5, 5.41) is 0. The number of hydrogen-bond acceptors (Lipinski definition) is 8. The van der Waals surface area contributed by atoms with Crippen LogP contribution in [0.15, 0.2) is 36.5 Å². The topological polar surface area (TPSA) is 111 Å². The molecule has 0 aliphatic heterocycles. The van der Waals surface area contributed by atoms with Crippen molar-refractivity contribution >= 4 is 19.8 Å². The second kappa shape index (κ2) is 65.7. The van der Waals surface area contributed by atoms with Gasteiger partial charge in [0.05, 0.1) is 27.7 Å². The van der Waals surface area contributed by atoms with Crippen LogP contribution in [0.5, 0.6) is 0 Å². The van der Waals surface area contributed by atoms with Gasteiger partial charge in [0.15, 0.2) is 6.10 Å². The number of hydrogen-bond donors (Lipinski definition) is 0. The Morgan fingerprint density at radius 3 is 0.952 bits per heavy atom. The molecule has 2 unspecified atom stereocenters. The summed E-state index contributed by atoms with van der Waals surface area (Å²) >= 11 is 0. The molecule has 0 spiro atoms. The van der Waals surface area contributed by atoms with E-state index in [9.17, 15) is 19.0 Å². The van der Waals surface area contributed by atoms with Crippen molar-refractivity contribution in [1.82, 2.24) is 0 Å². The number of nitrogens with zero attached hydrogens (tertiary/aromatic N) is 1. The molecule has 0 aromatic carbocycles. The van der Waals surface area contributed by atoms with Gasteiger partial charge in [-0.1, -0.05) is 346 Å². The van der Waals surface area contributed by atoms with Gasteiger partial charge in [0.1, 0.15) is 19.8 Å². The molecule has 0 saturated heterocycles. The second-order valence-corrected chi connectivity index (χ2v) is 27.7. The number of quaternary nitrogens is 1. The van der Waals surface area contributed by atoms with Gasteiger partial charge < -0.3 is 27.9 Å². The summed E-state index contributed by atoms with van der Waals surface area (Å²) in [6, 6.07) is 0. The fourth-order valence-corrected chi connectivity index (χ4v) is 11.8. The van der Waals surface area contributed by atoms with E-state index in [4.69, 9.17) is 18.5 Å². The van der Waals surface area contributed by atoms with Gasteiger partial charge in [-0.25, -0.2) is 0 Å². The number of esters is 2. The molecule has 0 aliphatic rings. The molecular formula is C74H142NO8P. The molecule has 84 heavy (non-hydrogen) atoms. The van der Waals surface area contributed by atoms with E-state index in [-0.39, 0.29) is 32.0 Å². The van der Waals surface area contributed by atoms with Crippen LogP contribution in [-0.4, -0.2) is 70.0 Å². The molecule has 10 heteroatoms. The van der Waals surface area contributed by atoms with Crippen LogP contribution in [0.4, 0.5) is 0 Å². The van der Waals surface area contributed by atoms with Crippen LogP contribution in [0.2, 0.25) is 0 Å². The Morgan fingerprint density at radius 1 is 0.369 bits per heavy atom. The zero-order chi connectivity index (χ0) is 61.2. The predicted octanol–water partition coefficient (Wildman–Crippen LogP) is 23.2. The van der Waals surface area contributed by atoms with E-state index < -0.39 is 26.5 Å². The third-order valence-electron chi connectivity index (χ3n) is 16.7. The summed E-state index contributed by atoms with van der Waals surface area (Å²) in [6.07, 6.45) is 84.0. The van der Waals surface area contributed by atoms with Crippen molar-refractivity contribution in [3.8, 4) is 0 Å². The summed E-state index contributed by atoms with van der Waals surface area (Å²) in [7, 11) is 1.18. The Balaban J connectivity index is 3.93. The van der Waals surface area contributed by atoms with Crippen LogP contribution in [0.25, 0.3) is 0 Å². The van der Waals surface area contributed by atoms with Gasteiger partial charge in [-0.2, -0.15) is 0 Å². The first-order valence-corrected chi connectivity index (χ1v) is 38.2. The van der Waals surface area contributed by atoms with Gasteiger partial charge in [-0.05, 0) is 51.4 Å². The zero-order valence-electron chi connectivity index (χ0n) is 56.6. The first kappa shape index (κ1) is 82.2. The molecule has 0 fully saturated rings. The highest BCUT2D eigenvalue weighted by Crippen LogP contribution is 2.38. The number of likely N-dealkylation sites (N-methyl/N-ethyl adjacent to an activating group) is 1. The molecule has 0 rings (SSSR count). The zero-order valence-corrected chi connectivity index (χ0v) is 57.5. The summed E-state index contributed by atoms with van der Waals surface area (Å²) in [6.45, 7) is 4.28. The SMILES string of the molecule is CCCCCCC/C=C\C/C=C\C/C=C\CCCCCCCCCCC(=O)OC(COC(=O)CCCCCCCCCCCCCCCCCCCCCCCCCCCCCCCCCCCCCCC)COP(=O)([O-])OCC[N+](C)(C)C. The highest BCUT2D eigenvalue weighted by molar-refractivity contribution is 7.45. The maximum atomic E-state index is 12.8. The number of rotatable bonds is 69. The van der Waals surface area contributed by atoms with Gasteiger partial charge in [0.2, 0.25) is 0 Å². The number of phosphoric ester groups is 1. The number of carbonyl (C=O) groups excluding carboxylic acids is 2. The van der Waals surface area contributed by atoms with E-state index in [1.807, 2.05) is 21.1 Å². The largest absolute Gasteiger partial charge is 0.756 e. The minimum atomic E-state index is -4.64. The van der Waals surface area contributed by atoms with Gasteiger partial charge >= 0.3 is 11.9 Å². The Labute approximate surface area is 522 Å². The van der Waals surface area contributed by atoms with E-state index in [1.165, 1.54) is 283 Å². The highest BCUT2D eigenvalue weighted by Gasteiger charge is 2.22. The summed E-state index contributed by atoms with van der Waals surface area (Å²) < 4.78 is 34.3. The average molecular weight is 1200 g/mol. The molecule has 2 atom stereocenters. The molecule has 0 aliphatic carbocycles. The second-order valence-electron chi connectivity index (χ2n) is 26.3. The Morgan fingerprint density at radius 2 is 0.643 bits per heavy atom. The van der Waals surface area contributed by atoms with Crippen molar-refractivity contribution in [2.24, 2.45) is 0 Å². The normalized spacial score (nSPS) is 13.3. The Kier molecular flexibility index (Phi) is 64.3. The van der Waals surface area contributed by atoms with Crippen LogP contribution in [0.3, 0.4) is 0 Å². The summed E-state index contributed by atoms with van der Waals surface area (Å²) in [4.78, 5) is 38.1. The number of phosphoric acid groups is 1. The lowest BCUT2D eigenvalue weighted by Gasteiger charge is -2.28. The monoisotopic (exact) mass is 1200 g/mol. The molecule has 0 saturated carbocycles. The minimum Gasteiger partial charge on any atom is -0.756 e. The molecule has 0 bridgehead atoms. The van der Waals surface area contributed by atoms with Gasteiger partial charge in [0, 0.05) is 12.8 Å². The predicted molar refractivity (Wildman–Crippen MR) is 361 cm³/mol.